The van der Waals surface area contributed by atoms with E-state index in [9.17, 15) is 9.59 Å². The SMILES string of the molecule is CC(C)(C)OC(=O)N1CC[C@H](C(=O)Nc2cnc3ccccc3c2)C1. The first-order valence-electron chi connectivity index (χ1n) is 8.45. The molecule has 1 atom stereocenters. The number of anilines is 1. The van der Waals surface area contributed by atoms with Crippen LogP contribution in [0.2, 0.25) is 0 Å². The topological polar surface area (TPSA) is 71.5 Å². The van der Waals surface area contributed by atoms with Crippen LogP contribution in [-0.4, -0.2) is 40.6 Å². The van der Waals surface area contributed by atoms with Crippen molar-refractivity contribution in [3.05, 3.63) is 36.5 Å². The second kappa shape index (κ2) is 6.70. The molecular formula is C19H23N3O3. The van der Waals surface area contributed by atoms with Crippen LogP contribution in [0.4, 0.5) is 10.5 Å². The molecule has 1 N–H and O–H groups in total. The molecule has 2 amide bonds. The third-order valence-electron chi connectivity index (χ3n) is 4.07. The van der Waals surface area contributed by atoms with E-state index < -0.39 is 5.60 Å². The number of likely N-dealkylation sites (tertiary alicyclic amines) is 1. The van der Waals surface area contributed by atoms with Gasteiger partial charge < -0.3 is 15.0 Å². The maximum Gasteiger partial charge on any atom is 0.410 e. The highest BCUT2D eigenvalue weighted by Crippen LogP contribution is 2.22. The molecule has 1 aromatic carbocycles. The van der Waals surface area contributed by atoms with Crippen LogP contribution in [0.25, 0.3) is 10.9 Å². The van der Waals surface area contributed by atoms with Crippen LogP contribution in [0.3, 0.4) is 0 Å². The Morgan fingerprint density at radius 3 is 2.80 bits per heavy atom. The van der Waals surface area contributed by atoms with Crippen LogP contribution < -0.4 is 5.32 Å². The van der Waals surface area contributed by atoms with Crippen molar-refractivity contribution >= 4 is 28.6 Å². The van der Waals surface area contributed by atoms with Crippen LogP contribution >= 0.6 is 0 Å². The number of nitrogens with one attached hydrogen (secondary N) is 1. The lowest BCUT2D eigenvalue weighted by molar-refractivity contribution is -0.119. The summed E-state index contributed by atoms with van der Waals surface area (Å²) in [5, 5.41) is 3.88. The number of pyridine rings is 1. The Hall–Kier alpha value is -2.63. The number of benzene rings is 1. The van der Waals surface area contributed by atoms with Crippen LogP contribution in [0.15, 0.2) is 36.5 Å². The zero-order chi connectivity index (χ0) is 18.0. The zero-order valence-electron chi connectivity index (χ0n) is 14.8. The number of aromatic nitrogens is 1. The Morgan fingerprint density at radius 2 is 2.04 bits per heavy atom. The summed E-state index contributed by atoms with van der Waals surface area (Å²) in [4.78, 5) is 30.5. The zero-order valence-corrected chi connectivity index (χ0v) is 14.8. The highest BCUT2D eigenvalue weighted by molar-refractivity contribution is 5.95. The van der Waals surface area contributed by atoms with Gasteiger partial charge >= 0.3 is 6.09 Å². The van der Waals surface area contributed by atoms with Gasteiger partial charge in [0.05, 0.1) is 23.3 Å². The summed E-state index contributed by atoms with van der Waals surface area (Å²) < 4.78 is 5.36. The van der Waals surface area contributed by atoms with Crippen molar-refractivity contribution in [1.82, 2.24) is 9.88 Å². The normalized spacial score (nSPS) is 17.6. The van der Waals surface area contributed by atoms with Crippen molar-refractivity contribution < 1.29 is 14.3 Å². The van der Waals surface area contributed by atoms with Crippen molar-refractivity contribution in [1.29, 1.82) is 0 Å². The van der Waals surface area contributed by atoms with Gasteiger partial charge in [-0.3, -0.25) is 9.78 Å². The number of para-hydroxylation sites is 1. The lowest BCUT2D eigenvalue weighted by atomic mass is 10.1. The Bertz CT molecular complexity index is 798. The molecule has 1 aromatic heterocycles. The van der Waals surface area contributed by atoms with Gasteiger partial charge in [0.25, 0.3) is 0 Å². The number of ether oxygens (including phenoxy) is 1. The maximum atomic E-state index is 12.5. The smallest absolute Gasteiger partial charge is 0.410 e. The van der Waals surface area contributed by atoms with E-state index in [2.05, 4.69) is 10.3 Å². The van der Waals surface area contributed by atoms with Gasteiger partial charge in [0.1, 0.15) is 5.60 Å². The molecule has 6 heteroatoms. The van der Waals surface area contributed by atoms with Crippen LogP contribution in [0, 0.1) is 5.92 Å². The monoisotopic (exact) mass is 341 g/mol. The van der Waals surface area contributed by atoms with Gasteiger partial charge in [0.2, 0.25) is 5.91 Å². The molecule has 0 saturated carbocycles. The Kier molecular flexibility index (Phi) is 4.61. The molecule has 0 radical (unpaired) electrons. The number of carbonyl (C=O) groups excluding carboxylic acids is 2. The molecule has 0 bridgehead atoms. The number of fused-ring (bicyclic) bond motifs is 1. The van der Waals surface area contributed by atoms with Crippen molar-refractivity contribution in [3.63, 3.8) is 0 Å². The highest BCUT2D eigenvalue weighted by atomic mass is 16.6. The lowest BCUT2D eigenvalue weighted by Crippen LogP contribution is -2.36. The molecule has 2 heterocycles. The molecule has 132 valence electrons. The first-order valence-corrected chi connectivity index (χ1v) is 8.45. The molecule has 0 unspecified atom stereocenters. The van der Waals surface area contributed by atoms with E-state index in [1.807, 2.05) is 51.1 Å². The van der Waals surface area contributed by atoms with Gasteiger partial charge in [-0.2, -0.15) is 0 Å². The summed E-state index contributed by atoms with van der Waals surface area (Å²) in [5.74, 6) is -0.331. The van der Waals surface area contributed by atoms with Crippen LogP contribution in [0.1, 0.15) is 27.2 Å². The van der Waals surface area contributed by atoms with Gasteiger partial charge in [0.15, 0.2) is 0 Å². The first-order chi connectivity index (χ1) is 11.8. The number of hydrogen-bond acceptors (Lipinski definition) is 4. The predicted octanol–water partition coefficient (Wildman–Crippen LogP) is 3.43. The predicted molar refractivity (Wildman–Crippen MR) is 96.3 cm³/mol. The van der Waals surface area contributed by atoms with E-state index in [-0.39, 0.29) is 17.9 Å². The summed E-state index contributed by atoms with van der Waals surface area (Å²) in [6.45, 7) is 6.40. The molecule has 1 aliphatic heterocycles. The number of carbonyl (C=O) groups is 2. The molecule has 0 aliphatic carbocycles. The second-order valence-corrected chi connectivity index (χ2v) is 7.32. The molecule has 0 spiro atoms. The average Bonchev–Trinajstić information content (AvgIpc) is 3.03. The number of hydrogen-bond donors (Lipinski definition) is 1. The van der Waals surface area contributed by atoms with Gasteiger partial charge in [0, 0.05) is 18.5 Å². The van der Waals surface area contributed by atoms with Crippen molar-refractivity contribution in [3.8, 4) is 0 Å². The third-order valence-corrected chi connectivity index (χ3v) is 4.07. The fourth-order valence-electron chi connectivity index (χ4n) is 2.85. The third kappa shape index (κ3) is 4.26. The van der Waals surface area contributed by atoms with E-state index >= 15 is 0 Å². The largest absolute Gasteiger partial charge is 0.444 e. The van der Waals surface area contributed by atoms with Crippen molar-refractivity contribution in [2.45, 2.75) is 32.8 Å². The summed E-state index contributed by atoms with van der Waals surface area (Å²) in [6.07, 6.45) is 1.92. The quantitative estimate of drug-likeness (QED) is 0.908. The highest BCUT2D eigenvalue weighted by Gasteiger charge is 2.33. The molecule has 1 aliphatic rings. The van der Waals surface area contributed by atoms with E-state index in [1.165, 1.54) is 0 Å². The first kappa shape index (κ1) is 17.2. The maximum absolute atomic E-state index is 12.5. The fourth-order valence-corrected chi connectivity index (χ4v) is 2.85. The summed E-state index contributed by atoms with van der Waals surface area (Å²) >= 11 is 0. The van der Waals surface area contributed by atoms with E-state index in [4.69, 9.17) is 4.74 Å². The summed E-state index contributed by atoms with van der Waals surface area (Å²) in [6, 6.07) is 9.65. The molecule has 25 heavy (non-hydrogen) atoms. The average molecular weight is 341 g/mol. The van der Waals surface area contributed by atoms with Crippen molar-refractivity contribution in [2.24, 2.45) is 5.92 Å². The summed E-state index contributed by atoms with van der Waals surface area (Å²) in [5.41, 5.74) is 1.02. The van der Waals surface area contributed by atoms with Crippen LogP contribution in [0.5, 0.6) is 0 Å². The second-order valence-electron chi connectivity index (χ2n) is 7.32. The molecule has 2 aromatic rings. The Labute approximate surface area is 147 Å². The Balaban J connectivity index is 1.61. The molecule has 1 fully saturated rings. The number of nitrogens with zero attached hydrogens (tertiary/aromatic N) is 2. The molecule has 1 saturated heterocycles. The number of rotatable bonds is 2. The van der Waals surface area contributed by atoms with Gasteiger partial charge in [-0.15, -0.1) is 0 Å². The minimum atomic E-state index is -0.534. The minimum Gasteiger partial charge on any atom is -0.444 e. The van der Waals surface area contributed by atoms with Gasteiger partial charge in [-0.05, 0) is 39.3 Å². The molecule has 6 nitrogen and oxygen atoms in total. The van der Waals surface area contributed by atoms with E-state index in [1.54, 1.807) is 11.1 Å². The van der Waals surface area contributed by atoms with E-state index in [0.29, 0.717) is 25.2 Å². The molecule has 3 rings (SSSR count). The van der Waals surface area contributed by atoms with Crippen LogP contribution in [-0.2, 0) is 9.53 Å². The Morgan fingerprint density at radius 1 is 1.28 bits per heavy atom. The standard InChI is InChI=1S/C19H23N3O3/c1-19(2,3)25-18(24)22-9-8-14(12-22)17(23)21-15-10-13-6-4-5-7-16(13)20-11-15/h4-7,10-11,14H,8-9,12H2,1-3H3,(H,21,23)/t14-/m0/s1. The molecular weight excluding hydrogens is 318 g/mol. The number of amides is 2. The summed E-state index contributed by atoms with van der Waals surface area (Å²) in [7, 11) is 0. The lowest BCUT2D eigenvalue weighted by Gasteiger charge is -2.24. The fraction of sp³-hybridized carbons (Fsp3) is 0.421. The van der Waals surface area contributed by atoms with Gasteiger partial charge in [-0.25, -0.2) is 4.79 Å². The minimum absolute atomic E-state index is 0.0943. The van der Waals surface area contributed by atoms with Crippen molar-refractivity contribution in [2.75, 3.05) is 18.4 Å². The van der Waals surface area contributed by atoms with Gasteiger partial charge in [-0.1, -0.05) is 18.2 Å². The van der Waals surface area contributed by atoms with E-state index in [0.717, 1.165) is 10.9 Å².